The number of fused-ring (bicyclic) bond motifs is 1. The molecule has 2 heterocycles. The van der Waals surface area contributed by atoms with E-state index in [1.165, 1.54) is 11.8 Å². The minimum atomic E-state index is -0.277. The molecule has 1 N–H and O–H groups in total. The number of anilines is 1. The number of benzene rings is 2. The average Bonchev–Trinajstić information content (AvgIpc) is 3.02. The number of nitrogens with zero attached hydrogens (tertiary/aromatic N) is 3. The van der Waals surface area contributed by atoms with Crippen LogP contribution in [0.4, 0.5) is 5.69 Å². The zero-order valence-corrected chi connectivity index (χ0v) is 17.3. The summed E-state index contributed by atoms with van der Waals surface area (Å²) >= 11 is 1.41. The fraction of sp³-hybridized carbons (Fsp3) is 0.286. The van der Waals surface area contributed by atoms with Gasteiger partial charge in [-0.3, -0.25) is 9.36 Å². The van der Waals surface area contributed by atoms with Gasteiger partial charge in [-0.05, 0) is 43.5 Å². The van der Waals surface area contributed by atoms with Crippen LogP contribution in [0.3, 0.4) is 0 Å². The lowest BCUT2D eigenvalue weighted by molar-refractivity contribution is -0.115. The Balaban J connectivity index is 1.66. The summed E-state index contributed by atoms with van der Waals surface area (Å²) in [5.41, 5.74) is 2.80. The van der Waals surface area contributed by atoms with Gasteiger partial charge in [0.25, 0.3) is 0 Å². The smallest absolute Gasteiger partial charge is 0.237 e. The van der Waals surface area contributed by atoms with Crippen LogP contribution in [0.15, 0.2) is 47.6 Å². The number of aromatic nitrogens is 3. The highest BCUT2D eigenvalue weighted by Crippen LogP contribution is 2.35. The molecule has 4 rings (SSSR count). The molecule has 3 aromatic rings. The molecule has 1 unspecified atom stereocenters. The molecule has 1 aliphatic heterocycles. The van der Waals surface area contributed by atoms with Crippen LogP contribution in [-0.4, -0.2) is 40.1 Å². The van der Waals surface area contributed by atoms with Crippen LogP contribution in [0.25, 0.3) is 5.69 Å². The van der Waals surface area contributed by atoms with Gasteiger partial charge in [0, 0.05) is 11.8 Å². The molecule has 2 aromatic carbocycles. The van der Waals surface area contributed by atoms with Crippen molar-refractivity contribution in [3.63, 3.8) is 0 Å². The van der Waals surface area contributed by atoms with Crippen LogP contribution in [0.5, 0.6) is 11.5 Å². The minimum Gasteiger partial charge on any atom is -0.497 e. The van der Waals surface area contributed by atoms with Crippen molar-refractivity contribution in [2.24, 2.45) is 0 Å². The van der Waals surface area contributed by atoms with E-state index in [-0.39, 0.29) is 11.2 Å². The van der Waals surface area contributed by atoms with E-state index in [4.69, 9.17) is 9.47 Å². The van der Waals surface area contributed by atoms with Crippen LogP contribution < -0.4 is 14.8 Å². The topological polar surface area (TPSA) is 78.3 Å². The van der Waals surface area contributed by atoms with Crippen molar-refractivity contribution in [3.8, 4) is 17.2 Å². The Morgan fingerprint density at radius 1 is 1.14 bits per heavy atom. The summed E-state index contributed by atoms with van der Waals surface area (Å²) in [5, 5.41) is 12.0. The van der Waals surface area contributed by atoms with Gasteiger partial charge >= 0.3 is 0 Å². The largest absolute Gasteiger partial charge is 0.497 e. The second-order valence-electron chi connectivity index (χ2n) is 6.69. The average molecular weight is 410 g/mol. The number of carbonyl (C=O) groups excluding carboxylic acids is 1. The Hall–Kier alpha value is -3.00. The molecule has 150 valence electrons. The summed E-state index contributed by atoms with van der Waals surface area (Å²) in [6, 6.07) is 13.5. The molecule has 0 bridgehead atoms. The number of carbonyl (C=O) groups is 1. The van der Waals surface area contributed by atoms with E-state index in [2.05, 4.69) is 21.6 Å². The number of hydrogen-bond donors (Lipinski definition) is 1. The Kier molecular flexibility index (Phi) is 5.44. The summed E-state index contributed by atoms with van der Waals surface area (Å²) in [4.78, 5) is 12.8. The molecule has 0 saturated carbocycles. The highest BCUT2D eigenvalue weighted by molar-refractivity contribution is 8.00. The van der Waals surface area contributed by atoms with Crippen molar-refractivity contribution >= 4 is 23.4 Å². The van der Waals surface area contributed by atoms with Gasteiger partial charge in [-0.25, -0.2) is 0 Å². The molecule has 1 aliphatic rings. The van der Waals surface area contributed by atoms with Gasteiger partial charge in [0.1, 0.15) is 17.3 Å². The van der Waals surface area contributed by atoms with Crippen molar-refractivity contribution in [2.45, 2.75) is 30.2 Å². The predicted octanol–water partition coefficient (Wildman–Crippen LogP) is 3.64. The Bertz CT molecular complexity index is 1050. The van der Waals surface area contributed by atoms with Gasteiger partial charge < -0.3 is 14.8 Å². The lowest BCUT2D eigenvalue weighted by Crippen LogP contribution is -2.24. The molecular formula is C21H22N4O3S. The second-order valence-corrected chi connectivity index (χ2v) is 7.86. The van der Waals surface area contributed by atoms with Crippen molar-refractivity contribution in [1.29, 1.82) is 0 Å². The van der Waals surface area contributed by atoms with E-state index in [0.29, 0.717) is 28.9 Å². The molecule has 7 nitrogen and oxygen atoms in total. The zero-order valence-electron chi connectivity index (χ0n) is 16.5. The maximum Gasteiger partial charge on any atom is 0.237 e. The number of amides is 1. The maximum absolute atomic E-state index is 12.8. The van der Waals surface area contributed by atoms with Crippen molar-refractivity contribution in [3.05, 3.63) is 53.9 Å². The number of methoxy groups -OCH3 is 2. The normalized spacial score (nSPS) is 16.0. The fourth-order valence-electron chi connectivity index (χ4n) is 3.40. The Morgan fingerprint density at radius 2 is 1.97 bits per heavy atom. The first-order valence-corrected chi connectivity index (χ1v) is 10.2. The van der Waals surface area contributed by atoms with Gasteiger partial charge in [0.15, 0.2) is 5.16 Å². The standard InChI is InChI=1S/C21H22N4O3S/c1-13-23-24-21(25(13)17-12-15(27-2)9-10-18(17)28-3)29-19-11-8-14-6-4-5-7-16(14)22-20(19)26/h4-7,9-10,12,19H,8,11H2,1-3H3,(H,22,26). The molecule has 1 amide bonds. The number of aryl methyl sites for hydroxylation is 2. The summed E-state index contributed by atoms with van der Waals surface area (Å²) in [7, 11) is 3.24. The molecule has 8 heteroatoms. The third-order valence-electron chi connectivity index (χ3n) is 4.91. The molecule has 1 aromatic heterocycles. The fourth-order valence-corrected chi connectivity index (χ4v) is 4.48. The first-order valence-electron chi connectivity index (χ1n) is 9.30. The van der Waals surface area contributed by atoms with E-state index in [0.717, 1.165) is 23.4 Å². The first kappa shape index (κ1) is 19.3. The lowest BCUT2D eigenvalue weighted by atomic mass is 10.1. The molecule has 0 saturated heterocycles. The minimum absolute atomic E-state index is 0.0234. The molecule has 0 radical (unpaired) electrons. The lowest BCUT2D eigenvalue weighted by Gasteiger charge is -2.16. The zero-order chi connectivity index (χ0) is 20.4. The van der Waals surface area contributed by atoms with Crippen LogP contribution in [0.1, 0.15) is 17.8 Å². The highest BCUT2D eigenvalue weighted by atomic mass is 32.2. The van der Waals surface area contributed by atoms with Crippen LogP contribution in [0.2, 0.25) is 0 Å². The van der Waals surface area contributed by atoms with Crippen LogP contribution in [0, 0.1) is 6.92 Å². The monoisotopic (exact) mass is 410 g/mol. The van der Waals surface area contributed by atoms with Gasteiger partial charge in [-0.15, -0.1) is 10.2 Å². The number of thioether (sulfide) groups is 1. The predicted molar refractivity (Wildman–Crippen MR) is 112 cm³/mol. The maximum atomic E-state index is 12.8. The van der Waals surface area contributed by atoms with Crippen molar-refractivity contribution < 1.29 is 14.3 Å². The quantitative estimate of drug-likeness (QED) is 0.692. The third kappa shape index (κ3) is 3.80. The Morgan fingerprint density at radius 3 is 2.76 bits per heavy atom. The number of para-hydroxylation sites is 1. The van der Waals surface area contributed by atoms with Gasteiger partial charge in [-0.2, -0.15) is 0 Å². The first-order chi connectivity index (χ1) is 14.1. The third-order valence-corrected chi connectivity index (χ3v) is 6.12. The van der Waals surface area contributed by atoms with Crippen molar-refractivity contribution in [2.75, 3.05) is 19.5 Å². The molecular weight excluding hydrogens is 388 g/mol. The van der Waals surface area contributed by atoms with Crippen LogP contribution >= 0.6 is 11.8 Å². The summed E-state index contributed by atoms with van der Waals surface area (Å²) in [5.74, 6) is 2.06. The van der Waals surface area contributed by atoms with Gasteiger partial charge in [-0.1, -0.05) is 30.0 Å². The molecule has 0 fully saturated rings. The number of ether oxygens (including phenoxy) is 2. The van der Waals surface area contributed by atoms with E-state index < -0.39 is 0 Å². The van der Waals surface area contributed by atoms with Gasteiger partial charge in [0.05, 0.1) is 25.2 Å². The molecule has 1 atom stereocenters. The second kappa shape index (κ2) is 8.16. The van der Waals surface area contributed by atoms with Crippen LogP contribution in [-0.2, 0) is 11.2 Å². The number of nitrogens with one attached hydrogen (secondary N) is 1. The van der Waals surface area contributed by atoms with E-state index in [1.54, 1.807) is 14.2 Å². The Labute approximate surface area is 173 Å². The molecule has 29 heavy (non-hydrogen) atoms. The number of rotatable bonds is 5. The molecule has 0 spiro atoms. The van der Waals surface area contributed by atoms with Gasteiger partial charge in [0.2, 0.25) is 5.91 Å². The SMILES string of the molecule is COc1ccc(OC)c(-n2c(C)nnc2SC2CCc3ccccc3NC2=O)c1. The number of hydrogen-bond acceptors (Lipinski definition) is 6. The van der Waals surface area contributed by atoms with E-state index >= 15 is 0 Å². The van der Waals surface area contributed by atoms with Crippen molar-refractivity contribution in [1.82, 2.24) is 14.8 Å². The summed E-state index contributed by atoms with van der Waals surface area (Å²) in [6.45, 7) is 1.87. The summed E-state index contributed by atoms with van der Waals surface area (Å²) in [6.07, 6.45) is 1.54. The molecule has 0 aliphatic carbocycles. The highest BCUT2D eigenvalue weighted by Gasteiger charge is 2.27. The summed E-state index contributed by atoms with van der Waals surface area (Å²) < 4.78 is 12.8. The van der Waals surface area contributed by atoms with E-state index in [1.807, 2.05) is 47.9 Å². The van der Waals surface area contributed by atoms with E-state index in [9.17, 15) is 4.79 Å².